The maximum absolute atomic E-state index is 15.2. The molecule has 1 aromatic heterocycles. The second-order valence-corrected chi connectivity index (χ2v) is 6.68. The van der Waals surface area contributed by atoms with Gasteiger partial charge < -0.3 is 15.4 Å². The molecule has 1 saturated carbocycles. The smallest absolute Gasteiger partial charge is 0.329 e. The molecule has 0 radical (unpaired) electrons. The van der Waals surface area contributed by atoms with Crippen LogP contribution in [0, 0.1) is 12.7 Å². The van der Waals surface area contributed by atoms with Gasteiger partial charge in [0.2, 0.25) is 0 Å². The number of H-pyrrole nitrogens is 1. The molecule has 0 bridgehead atoms. The number of halogens is 1. The predicted octanol–water partition coefficient (Wildman–Crippen LogP) is 0.715. The Kier molecular flexibility index (Phi) is 3.88. The topological polar surface area (TPSA) is 88.2 Å². The average Bonchev–Trinajstić information content (AvgIpc) is 3.42. The summed E-state index contributed by atoms with van der Waals surface area (Å²) in [6.07, 6.45) is 1.75. The van der Waals surface area contributed by atoms with Crippen LogP contribution in [-0.2, 0) is 0 Å². The van der Waals surface area contributed by atoms with Crippen LogP contribution in [-0.4, -0.2) is 36.3 Å². The van der Waals surface area contributed by atoms with Crippen LogP contribution >= 0.6 is 0 Å². The van der Waals surface area contributed by atoms with Crippen molar-refractivity contribution < 1.29 is 9.13 Å². The van der Waals surface area contributed by atoms with Gasteiger partial charge in [0.1, 0.15) is 5.39 Å². The van der Waals surface area contributed by atoms with Gasteiger partial charge in [-0.2, -0.15) is 0 Å². The van der Waals surface area contributed by atoms with E-state index < -0.39 is 17.1 Å². The molecular weight excluding hydrogens is 327 g/mol. The van der Waals surface area contributed by atoms with Crippen molar-refractivity contribution in [2.75, 3.05) is 26.7 Å². The molecule has 25 heavy (non-hydrogen) atoms. The maximum atomic E-state index is 15.2. The van der Waals surface area contributed by atoms with Crippen molar-refractivity contribution in [1.29, 1.82) is 0 Å². The van der Waals surface area contributed by atoms with Crippen LogP contribution in [0.4, 0.5) is 4.39 Å². The molecule has 1 saturated heterocycles. The van der Waals surface area contributed by atoms with Crippen molar-refractivity contribution in [3.8, 4) is 5.75 Å². The summed E-state index contributed by atoms with van der Waals surface area (Å²) in [4.78, 5) is 27.1. The summed E-state index contributed by atoms with van der Waals surface area (Å²) >= 11 is 0. The highest BCUT2D eigenvalue weighted by molar-refractivity contribution is 5.89. The zero-order valence-electron chi connectivity index (χ0n) is 14.2. The molecule has 2 heterocycles. The normalized spacial score (nSPS) is 20.8. The molecule has 1 aromatic carbocycles. The van der Waals surface area contributed by atoms with Crippen LogP contribution in [0.15, 0.2) is 9.59 Å². The number of ether oxygens (including phenoxy) is 1. The first kappa shape index (κ1) is 16.3. The van der Waals surface area contributed by atoms with Crippen molar-refractivity contribution in [2.45, 2.75) is 31.8 Å². The standard InChI is InChI=1S/C17H21FN4O3/c1-8-11(10-7-19-5-6-20-10)13(18)15(25-2)12-14(8)22(9-3-4-9)17(24)21-16(12)23/h9-10,19-20H,3-7H2,1-2H3,(H,21,23,24). The van der Waals surface area contributed by atoms with Crippen molar-refractivity contribution >= 4 is 10.9 Å². The molecule has 0 amide bonds. The first-order valence-corrected chi connectivity index (χ1v) is 8.53. The number of hydrogen-bond acceptors (Lipinski definition) is 5. The Morgan fingerprint density at radius 1 is 1.24 bits per heavy atom. The molecule has 7 nitrogen and oxygen atoms in total. The summed E-state index contributed by atoms with van der Waals surface area (Å²) in [6.45, 7) is 3.88. The highest BCUT2D eigenvalue weighted by Gasteiger charge is 2.32. The molecular formula is C17H21FN4O3. The molecule has 1 aliphatic carbocycles. The van der Waals surface area contributed by atoms with Gasteiger partial charge in [0.15, 0.2) is 11.6 Å². The van der Waals surface area contributed by atoms with E-state index in [0.29, 0.717) is 29.7 Å². The van der Waals surface area contributed by atoms with Crippen LogP contribution in [0.3, 0.4) is 0 Å². The van der Waals surface area contributed by atoms with E-state index in [9.17, 15) is 9.59 Å². The third kappa shape index (κ3) is 2.47. The van der Waals surface area contributed by atoms with Gasteiger partial charge in [0, 0.05) is 37.3 Å². The summed E-state index contributed by atoms with van der Waals surface area (Å²) in [5.74, 6) is -0.640. The van der Waals surface area contributed by atoms with Gasteiger partial charge in [-0.25, -0.2) is 9.18 Å². The number of rotatable bonds is 3. The summed E-state index contributed by atoms with van der Waals surface area (Å²) in [5.41, 5.74) is 0.492. The second-order valence-electron chi connectivity index (χ2n) is 6.68. The molecule has 4 rings (SSSR count). The SMILES string of the molecule is COc1c(F)c(C2CNCCN2)c(C)c2c1c(=O)[nH]c(=O)n2C1CC1. The summed E-state index contributed by atoms with van der Waals surface area (Å²) in [5, 5.41) is 6.64. The maximum Gasteiger partial charge on any atom is 0.329 e. The minimum Gasteiger partial charge on any atom is -0.493 e. The third-order valence-electron chi connectivity index (χ3n) is 5.07. The van der Waals surface area contributed by atoms with Crippen molar-refractivity contribution in [1.82, 2.24) is 20.2 Å². The summed E-state index contributed by atoms with van der Waals surface area (Å²) in [7, 11) is 1.34. The molecule has 8 heteroatoms. The molecule has 2 fully saturated rings. The number of aryl methyl sites for hydroxylation is 1. The van der Waals surface area contributed by atoms with Gasteiger partial charge in [-0.3, -0.25) is 14.3 Å². The fourth-order valence-electron chi connectivity index (χ4n) is 3.80. The van der Waals surface area contributed by atoms with Crippen molar-refractivity contribution in [2.24, 2.45) is 0 Å². The number of hydrogen-bond donors (Lipinski definition) is 3. The number of benzene rings is 1. The molecule has 1 atom stereocenters. The van der Waals surface area contributed by atoms with Crippen LogP contribution in [0.25, 0.3) is 10.9 Å². The first-order valence-electron chi connectivity index (χ1n) is 8.53. The van der Waals surface area contributed by atoms with E-state index in [2.05, 4.69) is 15.6 Å². The highest BCUT2D eigenvalue weighted by atomic mass is 19.1. The van der Waals surface area contributed by atoms with Crippen LogP contribution in [0.2, 0.25) is 0 Å². The van der Waals surface area contributed by atoms with E-state index >= 15 is 4.39 Å². The molecule has 134 valence electrons. The number of aromatic amines is 1. The Hall–Kier alpha value is -2.19. The largest absolute Gasteiger partial charge is 0.493 e. The van der Waals surface area contributed by atoms with Gasteiger partial charge in [-0.1, -0.05) is 0 Å². The number of fused-ring (bicyclic) bond motifs is 1. The third-order valence-corrected chi connectivity index (χ3v) is 5.07. The Labute approximate surface area is 143 Å². The van der Waals surface area contributed by atoms with E-state index in [-0.39, 0.29) is 23.2 Å². The molecule has 1 unspecified atom stereocenters. The van der Waals surface area contributed by atoms with E-state index in [1.54, 1.807) is 11.5 Å². The van der Waals surface area contributed by atoms with E-state index in [0.717, 1.165) is 19.4 Å². The summed E-state index contributed by atoms with van der Waals surface area (Å²) < 4.78 is 22.1. The summed E-state index contributed by atoms with van der Waals surface area (Å²) in [6, 6.07) is -0.194. The zero-order valence-corrected chi connectivity index (χ0v) is 14.2. The lowest BCUT2D eigenvalue weighted by Gasteiger charge is -2.28. The Bertz CT molecular complexity index is 955. The number of methoxy groups -OCH3 is 1. The number of piperazine rings is 1. The average molecular weight is 348 g/mol. The van der Waals surface area contributed by atoms with Crippen LogP contribution < -0.4 is 26.6 Å². The van der Waals surface area contributed by atoms with Gasteiger partial charge in [-0.05, 0) is 25.3 Å². The Morgan fingerprint density at radius 3 is 2.60 bits per heavy atom. The molecule has 2 aliphatic rings. The van der Waals surface area contributed by atoms with Crippen molar-refractivity contribution in [3.05, 3.63) is 37.8 Å². The highest BCUT2D eigenvalue weighted by Crippen LogP contribution is 2.40. The van der Waals surface area contributed by atoms with E-state index in [4.69, 9.17) is 4.74 Å². The quantitative estimate of drug-likeness (QED) is 0.761. The molecule has 0 spiro atoms. The Balaban J connectivity index is 2.12. The number of nitrogens with one attached hydrogen (secondary N) is 3. The fourth-order valence-corrected chi connectivity index (χ4v) is 3.80. The van der Waals surface area contributed by atoms with Gasteiger partial charge in [0.25, 0.3) is 5.56 Å². The molecule has 3 N–H and O–H groups in total. The zero-order chi connectivity index (χ0) is 17.7. The van der Waals surface area contributed by atoms with Crippen molar-refractivity contribution in [3.63, 3.8) is 0 Å². The van der Waals surface area contributed by atoms with Gasteiger partial charge in [0.05, 0.1) is 12.6 Å². The first-order chi connectivity index (χ1) is 12.0. The molecule has 2 aromatic rings. The van der Waals surface area contributed by atoms with Crippen LogP contribution in [0.5, 0.6) is 5.75 Å². The van der Waals surface area contributed by atoms with Gasteiger partial charge >= 0.3 is 5.69 Å². The number of nitrogens with zero attached hydrogens (tertiary/aromatic N) is 1. The lowest BCUT2D eigenvalue weighted by Crippen LogP contribution is -2.43. The lowest BCUT2D eigenvalue weighted by atomic mass is 9.95. The Morgan fingerprint density at radius 2 is 2.00 bits per heavy atom. The minimum absolute atomic E-state index is 0.0472. The monoisotopic (exact) mass is 348 g/mol. The van der Waals surface area contributed by atoms with E-state index in [1.165, 1.54) is 7.11 Å². The second kappa shape index (κ2) is 5.96. The van der Waals surface area contributed by atoms with Crippen LogP contribution in [0.1, 0.15) is 36.1 Å². The van der Waals surface area contributed by atoms with Gasteiger partial charge in [-0.15, -0.1) is 0 Å². The predicted molar refractivity (Wildman–Crippen MR) is 92.0 cm³/mol. The van der Waals surface area contributed by atoms with E-state index in [1.807, 2.05) is 0 Å². The molecule has 1 aliphatic heterocycles. The fraction of sp³-hybridized carbons (Fsp3) is 0.529. The lowest BCUT2D eigenvalue weighted by molar-refractivity contribution is 0.374. The minimum atomic E-state index is -0.614. The number of aromatic nitrogens is 2.